The van der Waals surface area contributed by atoms with Gasteiger partial charge in [0.05, 0.1) is 32.8 Å². The Labute approximate surface area is 245 Å². The van der Waals surface area contributed by atoms with E-state index in [1.807, 2.05) is 0 Å². The minimum Gasteiger partial charge on any atom is -0.746 e. The fourth-order valence-electron chi connectivity index (χ4n) is 5.51. The number of phosphoric ester groups is 1. The molecular weight excluding hydrogens is 529 g/mol. The number of allylic oxidation sites excluding steroid dienone is 1. The molecule has 0 aromatic heterocycles. The van der Waals surface area contributed by atoms with E-state index >= 15 is 0 Å². The number of likely N-dealkylation sites (tertiary alicyclic amines) is 1. The number of hydrogen-bond acceptors (Lipinski definition) is 7. The van der Waals surface area contributed by atoms with E-state index in [4.69, 9.17) is 18.5 Å². The molecule has 2 unspecified atom stereocenters. The predicted molar refractivity (Wildman–Crippen MR) is 159 cm³/mol. The van der Waals surface area contributed by atoms with E-state index in [0.717, 1.165) is 61.9 Å². The second kappa shape index (κ2) is 22.6. The van der Waals surface area contributed by atoms with Crippen molar-refractivity contribution in [2.45, 2.75) is 143 Å². The molecule has 0 radical (unpaired) electrons. The van der Waals surface area contributed by atoms with Crippen molar-refractivity contribution >= 4 is 13.8 Å². The van der Waals surface area contributed by atoms with Crippen LogP contribution in [0.3, 0.4) is 0 Å². The number of unbranched alkanes of at least 4 members (excludes halogenated alkanes) is 13. The molecule has 8 nitrogen and oxygen atoms in total. The summed E-state index contributed by atoms with van der Waals surface area (Å²) < 4.78 is 34.3. The molecule has 1 heterocycles. The Morgan fingerprint density at radius 1 is 0.875 bits per heavy atom. The summed E-state index contributed by atoms with van der Waals surface area (Å²) >= 11 is 0. The lowest BCUT2D eigenvalue weighted by Crippen LogP contribution is -2.49. The van der Waals surface area contributed by atoms with Crippen LogP contribution < -0.4 is 4.89 Å². The fraction of sp³-hybridized carbons (Fsp3) is 0.903. The van der Waals surface area contributed by atoms with Gasteiger partial charge in [0.1, 0.15) is 18.1 Å². The van der Waals surface area contributed by atoms with Crippen molar-refractivity contribution < 1.29 is 37.3 Å². The highest BCUT2D eigenvalue weighted by Crippen LogP contribution is 2.41. The maximum atomic E-state index is 12.4. The van der Waals surface area contributed by atoms with Gasteiger partial charge in [-0.25, -0.2) is 0 Å². The van der Waals surface area contributed by atoms with E-state index in [-0.39, 0.29) is 13.2 Å². The molecule has 0 bridgehead atoms. The highest BCUT2D eigenvalue weighted by molar-refractivity contribution is 7.46. The van der Waals surface area contributed by atoms with Gasteiger partial charge in [-0.15, -0.1) is 0 Å². The van der Waals surface area contributed by atoms with Crippen LogP contribution in [0.25, 0.3) is 0 Å². The molecule has 2 atom stereocenters. The van der Waals surface area contributed by atoms with Crippen molar-refractivity contribution in [3.05, 3.63) is 12.0 Å². The van der Waals surface area contributed by atoms with E-state index in [9.17, 15) is 14.3 Å². The smallest absolute Gasteiger partial charge is 0.319 e. The van der Waals surface area contributed by atoms with E-state index in [1.165, 1.54) is 90.2 Å². The van der Waals surface area contributed by atoms with Gasteiger partial charge in [0, 0.05) is 20.0 Å². The average Bonchev–Trinajstić information content (AvgIpc) is 2.94. The second-order valence-corrected chi connectivity index (χ2v) is 12.7. The standard InChI is InChI=1S/C31H60NO7P/c1-5-8-9-10-11-12-13-14-15-16-17-18-19-22-25-36-27-31(39-29(4)33)28-38-40(34,35)37-26-30-23-20-21-24-32(30,6-2)7-3/h26,31H,5-25,27-28H2,1-4H3. The van der Waals surface area contributed by atoms with Crippen LogP contribution in [-0.2, 0) is 27.9 Å². The van der Waals surface area contributed by atoms with Gasteiger partial charge in [-0.05, 0) is 33.1 Å². The summed E-state index contributed by atoms with van der Waals surface area (Å²) in [5.74, 6) is -0.507. The summed E-state index contributed by atoms with van der Waals surface area (Å²) in [4.78, 5) is 23.9. The Morgan fingerprint density at radius 2 is 1.43 bits per heavy atom. The Morgan fingerprint density at radius 3 is 1.95 bits per heavy atom. The molecule has 0 aromatic rings. The molecule has 40 heavy (non-hydrogen) atoms. The van der Waals surface area contributed by atoms with E-state index < -0.39 is 19.9 Å². The number of phosphoric acid groups is 1. The van der Waals surface area contributed by atoms with Crippen LogP contribution in [0.2, 0.25) is 0 Å². The first-order valence-electron chi connectivity index (χ1n) is 16.2. The lowest BCUT2D eigenvalue weighted by molar-refractivity contribution is -0.894. The van der Waals surface area contributed by atoms with Crippen molar-refractivity contribution in [2.24, 2.45) is 0 Å². The van der Waals surface area contributed by atoms with Crippen molar-refractivity contribution in [3.63, 3.8) is 0 Å². The van der Waals surface area contributed by atoms with Gasteiger partial charge in [0.25, 0.3) is 0 Å². The van der Waals surface area contributed by atoms with Crippen LogP contribution in [0, 0.1) is 0 Å². The van der Waals surface area contributed by atoms with Crippen LogP contribution in [-0.4, -0.2) is 56.0 Å². The zero-order valence-corrected chi connectivity index (χ0v) is 27.1. The molecule has 236 valence electrons. The molecule has 0 aliphatic carbocycles. The average molecular weight is 590 g/mol. The summed E-state index contributed by atoms with van der Waals surface area (Å²) in [6.07, 6.45) is 21.6. The number of piperidine rings is 1. The number of ether oxygens (including phenoxy) is 2. The van der Waals surface area contributed by atoms with Crippen LogP contribution in [0.4, 0.5) is 0 Å². The second-order valence-electron chi connectivity index (χ2n) is 11.3. The third-order valence-electron chi connectivity index (χ3n) is 8.10. The maximum Gasteiger partial charge on any atom is 0.319 e. The predicted octanol–water partition coefficient (Wildman–Crippen LogP) is 7.80. The van der Waals surface area contributed by atoms with Gasteiger partial charge >= 0.3 is 13.8 Å². The highest BCUT2D eigenvalue weighted by Gasteiger charge is 2.33. The van der Waals surface area contributed by atoms with Crippen molar-refractivity contribution in [3.8, 4) is 0 Å². The minimum absolute atomic E-state index is 0.0881. The molecule has 1 aliphatic rings. The van der Waals surface area contributed by atoms with E-state index in [0.29, 0.717) is 6.61 Å². The molecule has 0 spiro atoms. The third-order valence-corrected chi connectivity index (χ3v) is 8.93. The van der Waals surface area contributed by atoms with Crippen molar-refractivity contribution in [2.75, 3.05) is 39.5 Å². The maximum absolute atomic E-state index is 12.4. The first-order chi connectivity index (χ1) is 19.3. The Hall–Kier alpha value is -0.920. The van der Waals surface area contributed by atoms with E-state index in [1.54, 1.807) is 0 Å². The molecular formula is C31H60NO7P. The zero-order chi connectivity index (χ0) is 29.5. The summed E-state index contributed by atoms with van der Waals surface area (Å²) in [6, 6.07) is 0. The number of carbonyl (C=O) groups excluding carboxylic acids is 1. The molecule has 1 fully saturated rings. The molecule has 1 rings (SSSR count). The van der Waals surface area contributed by atoms with Crippen LogP contribution in [0.1, 0.15) is 137 Å². The SMILES string of the molecule is CCCCCCCCCCCCCCCCOCC(COP(=O)([O-])OC=C1CCCC[N+]1(CC)CC)OC(C)=O. The number of nitrogens with zero attached hydrogens (tertiary/aromatic N) is 1. The number of quaternary nitrogens is 1. The summed E-state index contributed by atoms with van der Waals surface area (Å²) in [6.45, 7) is 10.8. The summed E-state index contributed by atoms with van der Waals surface area (Å²) in [5.41, 5.74) is 0.976. The van der Waals surface area contributed by atoms with Gasteiger partial charge < -0.3 is 23.4 Å². The molecule has 1 aliphatic heterocycles. The zero-order valence-electron chi connectivity index (χ0n) is 26.2. The molecule has 0 saturated carbocycles. The van der Waals surface area contributed by atoms with Gasteiger partial charge in [-0.1, -0.05) is 90.4 Å². The fourth-order valence-corrected chi connectivity index (χ4v) is 6.17. The number of rotatable bonds is 25. The van der Waals surface area contributed by atoms with Crippen molar-refractivity contribution in [1.82, 2.24) is 0 Å². The lowest BCUT2D eigenvalue weighted by Gasteiger charge is -2.41. The van der Waals surface area contributed by atoms with Gasteiger partial charge in [-0.3, -0.25) is 13.8 Å². The van der Waals surface area contributed by atoms with Crippen LogP contribution in [0.15, 0.2) is 12.0 Å². The summed E-state index contributed by atoms with van der Waals surface area (Å²) in [5, 5.41) is 0. The minimum atomic E-state index is -4.59. The van der Waals surface area contributed by atoms with E-state index in [2.05, 4.69) is 20.8 Å². The van der Waals surface area contributed by atoms with Gasteiger partial charge in [0.15, 0.2) is 0 Å². The third kappa shape index (κ3) is 17.1. The van der Waals surface area contributed by atoms with Crippen LogP contribution >= 0.6 is 7.82 Å². The number of hydrogen-bond donors (Lipinski definition) is 0. The Kier molecular flexibility index (Phi) is 21.0. The molecule has 0 amide bonds. The normalized spacial score (nSPS) is 18.4. The molecule has 0 aromatic carbocycles. The van der Waals surface area contributed by atoms with Crippen molar-refractivity contribution in [1.29, 1.82) is 0 Å². The molecule has 1 saturated heterocycles. The lowest BCUT2D eigenvalue weighted by atomic mass is 10.0. The highest BCUT2D eigenvalue weighted by atomic mass is 31.2. The van der Waals surface area contributed by atoms with Gasteiger partial charge in [-0.2, -0.15) is 0 Å². The monoisotopic (exact) mass is 589 g/mol. The Bertz CT molecular complexity index is 726. The first-order valence-corrected chi connectivity index (χ1v) is 17.7. The number of carbonyl (C=O) groups is 1. The van der Waals surface area contributed by atoms with Gasteiger partial charge in [0.2, 0.25) is 0 Å². The quantitative estimate of drug-likeness (QED) is 0.0352. The molecule has 9 heteroatoms. The molecule has 0 N–H and O–H groups in total. The number of esters is 1. The first kappa shape index (κ1) is 37.1. The van der Waals surface area contributed by atoms with Crippen LogP contribution in [0.5, 0.6) is 0 Å². The largest absolute Gasteiger partial charge is 0.746 e. The summed E-state index contributed by atoms with van der Waals surface area (Å²) in [7, 11) is -4.59. The Balaban J connectivity index is 2.21. The topological polar surface area (TPSA) is 94.1 Å².